The highest BCUT2D eigenvalue weighted by molar-refractivity contribution is 5.46. The first-order valence-electron chi connectivity index (χ1n) is 4.74. The van der Waals surface area contributed by atoms with Gasteiger partial charge in [0.05, 0.1) is 0 Å². The first kappa shape index (κ1) is 9.51. The third-order valence-corrected chi connectivity index (χ3v) is 1.78. The van der Waals surface area contributed by atoms with Crippen LogP contribution in [0.3, 0.4) is 0 Å². The van der Waals surface area contributed by atoms with E-state index in [0.29, 0.717) is 11.6 Å². The molecule has 76 valence electrons. The molecule has 2 aromatic heterocycles. The summed E-state index contributed by atoms with van der Waals surface area (Å²) in [5.74, 6) is 1.86. The summed E-state index contributed by atoms with van der Waals surface area (Å²) >= 11 is 0. The van der Waals surface area contributed by atoms with Gasteiger partial charge in [-0.25, -0.2) is 19.9 Å². The van der Waals surface area contributed by atoms with Gasteiger partial charge in [-0.15, -0.1) is 0 Å². The smallest absolute Gasteiger partial charge is 0.199 e. The summed E-state index contributed by atoms with van der Waals surface area (Å²) in [6, 6.07) is 3.58. The SMILES string of the molecule is CCNc1ccnc(-c2ncccn2)n1. The van der Waals surface area contributed by atoms with E-state index in [1.165, 1.54) is 0 Å². The average molecular weight is 201 g/mol. The number of rotatable bonds is 3. The Morgan fingerprint density at radius 1 is 1.07 bits per heavy atom. The van der Waals surface area contributed by atoms with Crippen molar-refractivity contribution >= 4 is 5.82 Å². The lowest BCUT2D eigenvalue weighted by atomic mass is 10.4. The normalized spacial score (nSPS) is 9.93. The van der Waals surface area contributed by atoms with Crippen molar-refractivity contribution in [3.63, 3.8) is 0 Å². The molecule has 0 aromatic carbocycles. The zero-order chi connectivity index (χ0) is 10.5. The van der Waals surface area contributed by atoms with Gasteiger partial charge >= 0.3 is 0 Å². The Hall–Kier alpha value is -2.04. The minimum absolute atomic E-state index is 0.536. The Labute approximate surface area is 87.6 Å². The van der Waals surface area contributed by atoms with Crippen LogP contribution >= 0.6 is 0 Å². The maximum Gasteiger partial charge on any atom is 0.199 e. The van der Waals surface area contributed by atoms with Crippen LogP contribution in [-0.4, -0.2) is 26.5 Å². The average Bonchev–Trinajstić information content (AvgIpc) is 2.31. The van der Waals surface area contributed by atoms with Crippen LogP contribution in [0.15, 0.2) is 30.7 Å². The molecule has 15 heavy (non-hydrogen) atoms. The predicted octanol–water partition coefficient (Wildman–Crippen LogP) is 1.37. The zero-order valence-electron chi connectivity index (χ0n) is 8.38. The highest BCUT2D eigenvalue weighted by atomic mass is 15.0. The molecule has 2 rings (SSSR count). The van der Waals surface area contributed by atoms with Crippen molar-refractivity contribution in [2.24, 2.45) is 0 Å². The molecule has 1 N–H and O–H groups in total. The lowest BCUT2D eigenvalue weighted by Gasteiger charge is -2.02. The third-order valence-electron chi connectivity index (χ3n) is 1.78. The molecule has 0 spiro atoms. The fourth-order valence-corrected chi connectivity index (χ4v) is 1.16. The van der Waals surface area contributed by atoms with Crippen molar-refractivity contribution in [2.45, 2.75) is 6.92 Å². The van der Waals surface area contributed by atoms with Crippen LogP contribution in [0, 0.1) is 0 Å². The Morgan fingerprint density at radius 3 is 2.53 bits per heavy atom. The van der Waals surface area contributed by atoms with E-state index in [4.69, 9.17) is 0 Å². The first-order valence-corrected chi connectivity index (χ1v) is 4.74. The predicted molar refractivity (Wildman–Crippen MR) is 57.2 cm³/mol. The lowest BCUT2D eigenvalue weighted by Crippen LogP contribution is -2.01. The Bertz CT molecular complexity index is 429. The van der Waals surface area contributed by atoms with E-state index in [9.17, 15) is 0 Å². The van der Waals surface area contributed by atoms with E-state index in [-0.39, 0.29) is 0 Å². The van der Waals surface area contributed by atoms with Crippen LogP contribution in [0.4, 0.5) is 5.82 Å². The monoisotopic (exact) mass is 201 g/mol. The van der Waals surface area contributed by atoms with Crippen molar-refractivity contribution < 1.29 is 0 Å². The largest absolute Gasteiger partial charge is 0.370 e. The standard InChI is InChI=1S/C10H11N5/c1-2-11-8-4-7-14-10(15-8)9-12-5-3-6-13-9/h3-7H,2H2,1H3,(H,11,14,15). The summed E-state index contributed by atoms with van der Waals surface area (Å²) < 4.78 is 0. The van der Waals surface area contributed by atoms with Crippen LogP contribution in [0.5, 0.6) is 0 Å². The van der Waals surface area contributed by atoms with Crippen molar-refractivity contribution in [2.75, 3.05) is 11.9 Å². The quantitative estimate of drug-likeness (QED) is 0.812. The molecule has 2 aromatic rings. The van der Waals surface area contributed by atoms with E-state index in [1.54, 1.807) is 24.7 Å². The lowest BCUT2D eigenvalue weighted by molar-refractivity contribution is 1.06. The Kier molecular flexibility index (Phi) is 2.82. The Balaban J connectivity index is 2.33. The van der Waals surface area contributed by atoms with Crippen molar-refractivity contribution in [1.29, 1.82) is 0 Å². The van der Waals surface area contributed by atoms with E-state index < -0.39 is 0 Å². The molecule has 0 aliphatic rings. The first-order chi connectivity index (χ1) is 7.40. The molecule has 0 aliphatic carbocycles. The van der Waals surface area contributed by atoms with Gasteiger partial charge in [-0.3, -0.25) is 0 Å². The topological polar surface area (TPSA) is 63.6 Å². The second-order valence-electron chi connectivity index (χ2n) is 2.87. The molecular formula is C10H11N5. The summed E-state index contributed by atoms with van der Waals surface area (Å²) in [6.45, 7) is 2.84. The minimum atomic E-state index is 0.536. The number of anilines is 1. The van der Waals surface area contributed by atoms with Gasteiger partial charge in [0.1, 0.15) is 5.82 Å². The minimum Gasteiger partial charge on any atom is -0.370 e. The van der Waals surface area contributed by atoms with Gasteiger partial charge in [-0.1, -0.05) is 0 Å². The van der Waals surface area contributed by atoms with Crippen LogP contribution in [-0.2, 0) is 0 Å². The second-order valence-corrected chi connectivity index (χ2v) is 2.87. The molecule has 0 saturated carbocycles. The van der Waals surface area contributed by atoms with Gasteiger partial charge in [0, 0.05) is 25.1 Å². The summed E-state index contributed by atoms with van der Waals surface area (Å²) in [5, 5.41) is 3.11. The van der Waals surface area contributed by atoms with E-state index in [2.05, 4.69) is 25.3 Å². The fourth-order valence-electron chi connectivity index (χ4n) is 1.16. The van der Waals surface area contributed by atoms with Crippen LogP contribution in [0.1, 0.15) is 6.92 Å². The van der Waals surface area contributed by atoms with Gasteiger partial charge in [-0.2, -0.15) is 0 Å². The summed E-state index contributed by atoms with van der Waals surface area (Å²) in [7, 11) is 0. The van der Waals surface area contributed by atoms with Crippen LogP contribution in [0.2, 0.25) is 0 Å². The van der Waals surface area contributed by atoms with Crippen LogP contribution in [0.25, 0.3) is 11.6 Å². The highest BCUT2D eigenvalue weighted by Gasteiger charge is 2.03. The molecule has 5 nitrogen and oxygen atoms in total. The molecule has 0 atom stereocenters. The number of hydrogen-bond donors (Lipinski definition) is 1. The molecule has 2 heterocycles. The maximum atomic E-state index is 4.29. The van der Waals surface area contributed by atoms with Crippen molar-refractivity contribution in [3.05, 3.63) is 30.7 Å². The van der Waals surface area contributed by atoms with Gasteiger partial charge in [-0.05, 0) is 19.1 Å². The third kappa shape index (κ3) is 2.25. The van der Waals surface area contributed by atoms with Crippen LogP contribution < -0.4 is 5.32 Å². The van der Waals surface area contributed by atoms with Gasteiger partial charge in [0.2, 0.25) is 0 Å². The van der Waals surface area contributed by atoms with Gasteiger partial charge in [0.15, 0.2) is 11.6 Å². The summed E-state index contributed by atoms with van der Waals surface area (Å²) in [5.41, 5.74) is 0. The summed E-state index contributed by atoms with van der Waals surface area (Å²) in [6.07, 6.45) is 5.04. The van der Waals surface area contributed by atoms with Crippen molar-refractivity contribution in [3.8, 4) is 11.6 Å². The molecule has 0 aliphatic heterocycles. The summed E-state index contributed by atoms with van der Waals surface area (Å²) in [4.78, 5) is 16.6. The number of aromatic nitrogens is 4. The molecule has 5 heteroatoms. The molecule has 0 fully saturated rings. The van der Waals surface area contributed by atoms with E-state index in [0.717, 1.165) is 12.4 Å². The zero-order valence-corrected chi connectivity index (χ0v) is 8.38. The highest BCUT2D eigenvalue weighted by Crippen LogP contribution is 2.09. The fraction of sp³-hybridized carbons (Fsp3) is 0.200. The Morgan fingerprint density at radius 2 is 1.80 bits per heavy atom. The maximum absolute atomic E-state index is 4.29. The molecular weight excluding hydrogens is 190 g/mol. The van der Waals surface area contributed by atoms with Gasteiger partial charge < -0.3 is 5.32 Å². The number of hydrogen-bond acceptors (Lipinski definition) is 5. The molecule has 0 saturated heterocycles. The molecule has 0 amide bonds. The second kappa shape index (κ2) is 4.45. The van der Waals surface area contributed by atoms with E-state index in [1.807, 2.05) is 13.0 Å². The molecule has 0 bridgehead atoms. The van der Waals surface area contributed by atoms with Gasteiger partial charge in [0.25, 0.3) is 0 Å². The van der Waals surface area contributed by atoms with E-state index >= 15 is 0 Å². The molecule has 0 unspecified atom stereocenters. The number of nitrogens with one attached hydrogen (secondary N) is 1. The number of nitrogens with zero attached hydrogens (tertiary/aromatic N) is 4. The van der Waals surface area contributed by atoms with Crippen molar-refractivity contribution in [1.82, 2.24) is 19.9 Å². The molecule has 0 radical (unpaired) electrons.